The van der Waals surface area contributed by atoms with E-state index in [2.05, 4.69) is 13.2 Å². The predicted octanol–water partition coefficient (Wildman–Crippen LogP) is 7.60. The lowest BCUT2D eigenvalue weighted by molar-refractivity contribution is -0.131. The van der Waals surface area contributed by atoms with Gasteiger partial charge in [-0.2, -0.15) is 0 Å². The van der Waals surface area contributed by atoms with Crippen molar-refractivity contribution in [2.75, 3.05) is 26.4 Å². The molecule has 0 heterocycles. The van der Waals surface area contributed by atoms with Gasteiger partial charge in [-0.25, -0.2) is 9.59 Å². The SMILES string of the molecule is C=C(C)C(=O)Oc1ccc(C(C)(c2ccccc2)c2ccc(OC(=O)C(=C)C)c(OCC)c2OCC)c(OCC)c1OCC. The Hall–Kier alpha value is -4.72. The highest BCUT2D eigenvalue weighted by molar-refractivity contribution is 5.90. The van der Waals surface area contributed by atoms with Gasteiger partial charge in [0.2, 0.25) is 11.5 Å². The minimum atomic E-state index is -0.943. The second-order valence-electron chi connectivity index (χ2n) is 10.1. The molecule has 0 atom stereocenters. The fraction of sp³-hybridized carbons (Fsp3) is 0.333. The monoisotopic (exact) mass is 602 g/mol. The van der Waals surface area contributed by atoms with Crippen LogP contribution in [0.25, 0.3) is 0 Å². The van der Waals surface area contributed by atoms with Crippen molar-refractivity contribution in [1.82, 2.24) is 0 Å². The van der Waals surface area contributed by atoms with Gasteiger partial charge in [0.1, 0.15) is 0 Å². The molecule has 0 aliphatic carbocycles. The summed E-state index contributed by atoms with van der Waals surface area (Å²) in [5, 5.41) is 0. The maximum Gasteiger partial charge on any atom is 0.338 e. The third-order valence-electron chi connectivity index (χ3n) is 6.84. The van der Waals surface area contributed by atoms with Gasteiger partial charge >= 0.3 is 11.9 Å². The highest BCUT2D eigenvalue weighted by Gasteiger charge is 2.40. The molecule has 0 saturated carbocycles. The molecule has 3 aromatic rings. The van der Waals surface area contributed by atoms with E-state index >= 15 is 0 Å². The Morgan fingerprint density at radius 3 is 1.30 bits per heavy atom. The number of hydrogen-bond acceptors (Lipinski definition) is 8. The van der Waals surface area contributed by atoms with Crippen LogP contribution >= 0.6 is 0 Å². The zero-order valence-corrected chi connectivity index (χ0v) is 26.7. The molecule has 0 aliphatic rings. The molecule has 8 heteroatoms. The molecule has 0 bridgehead atoms. The van der Waals surface area contributed by atoms with Crippen molar-refractivity contribution in [3.05, 3.63) is 95.6 Å². The van der Waals surface area contributed by atoms with Crippen molar-refractivity contribution in [2.24, 2.45) is 0 Å². The molecule has 0 unspecified atom stereocenters. The molecule has 44 heavy (non-hydrogen) atoms. The second kappa shape index (κ2) is 15.1. The highest BCUT2D eigenvalue weighted by atomic mass is 16.6. The Bertz CT molecular complexity index is 1410. The smallest absolute Gasteiger partial charge is 0.338 e. The third kappa shape index (κ3) is 7.08. The minimum absolute atomic E-state index is 0.213. The standard InChI is InChI=1S/C36H42O8/c1-10-39-30-26(19-21-28(32(30)41-12-3)43-34(37)23(5)6)36(9,25-17-15-14-16-18-25)27-20-22-29(44-35(38)24(7)8)33(42-13-4)31(27)40-11-2/h14-22H,5,7,10-13H2,1-4,6,8-9H3. The average Bonchev–Trinajstić information content (AvgIpc) is 3.00. The van der Waals surface area contributed by atoms with Crippen LogP contribution in [0.15, 0.2) is 78.9 Å². The third-order valence-corrected chi connectivity index (χ3v) is 6.84. The number of ether oxygens (including phenoxy) is 6. The lowest BCUT2D eigenvalue weighted by Crippen LogP contribution is -2.28. The van der Waals surface area contributed by atoms with Gasteiger partial charge in [0.15, 0.2) is 23.0 Å². The normalized spacial score (nSPS) is 10.9. The van der Waals surface area contributed by atoms with E-state index in [1.165, 1.54) is 0 Å². The molecule has 0 aromatic heterocycles. The molecule has 0 amide bonds. The van der Waals surface area contributed by atoms with E-state index in [9.17, 15) is 9.59 Å². The van der Waals surface area contributed by atoms with Crippen LogP contribution in [0, 0.1) is 0 Å². The van der Waals surface area contributed by atoms with Gasteiger partial charge in [-0.3, -0.25) is 0 Å². The fourth-order valence-electron chi connectivity index (χ4n) is 4.78. The number of benzene rings is 3. The lowest BCUT2D eigenvalue weighted by atomic mass is 9.70. The first-order valence-corrected chi connectivity index (χ1v) is 14.7. The first kappa shape index (κ1) is 33.8. The van der Waals surface area contributed by atoms with Gasteiger partial charge in [-0.15, -0.1) is 0 Å². The van der Waals surface area contributed by atoms with Crippen molar-refractivity contribution in [3.8, 4) is 34.5 Å². The molecular weight excluding hydrogens is 560 g/mol. The molecule has 0 spiro atoms. The summed E-state index contributed by atoms with van der Waals surface area (Å²) >= 11 is 0. The zero-order valence-electron chi connectivity index (χ0n) is 26.7. The van der Waals surface area contributed by atoms with Crippen molar-refractivity contribution < 1.29 is 38.0 Å². The van der Waals surface area contributed by atoms with E-state index in [1.54, 1.807) is 26.0 Å². The van der Waals surface area contributed by atoms with Gasteiger partial charge in [0.05, 0.1) is 26.4 Å². The number of hydrogen-bond donors (Lipinski definition) is 0. The predicted molar refractivity (Wildman–Crippen MR) is 170 cm³/mol. The van der Waals surface area contributed by atoms with Crippen molar-refractivity contribution in [3.63, 3.8) is 0 Å². The minimum Gasteiger partial charge on any atom is -0.489 e. The molecule has 0 N–H and O–H groups in total. The van der Waals surface area contributed by atoms with Crippen LogP contribution in [0.3, 0.4) is 0 Å². The van der Waals surface area contributed by atoms with Crippen LogP contribution in [0.5, 0.6) is 34.5 Å². The summed E-state index contributed by atoms with van der Waals surface area (Å²) in [6.07, 6.45) is 0. The van der Waals surface area contributed by atoms with Crippen molar-refractivity contribution >= 4 is 11.9 Å². The van der Waals surface area contributed by atoms with Crippen LogP contribution < -0.4 is 28.4 Å². The Kier molecular flexibility index (Phi) is 11.6. The van der Waals surface area contributed by atoms with Crippen LogP contribution in [0.1, 0.15) is 65.2 Å². The van der Waals surface area contributed by atoms with Crippen LogP contribution in [0.4, 0.5) is 0 Å². The van der Waals surface area contributed by atoms with E-state index < -0.39 is 17.4 Å². The molecule has 0 fully saturated rings. The number of carbonyl (C=O) groups is 2. The maximum atomic E-state index is 12.5. The Morgan fingerprint density at radius 2 is 0.955 bits per heavy atom. The zero-order chi connectivity index (χ0) is 32.4. The molecule has 0 aliphatic heterocycles. The highest BCUT2D eigenvalue weighted by Crippen LogP contribution is 2.54. The summed E-state index contributed by atoms with van der Waals surface area (Å²) in [5.74, 6) is 0.668. The first-order chi connectivity index (χ1) is 21.0. The summed E-state index contributed by atoms with van der Waals surface area (Å²) in [6.45, 7) is 21.2. The van der Waals surface area contributed by atoms with Crippen LogP contribution in [0.2, 0.25) is 0 Å². The summed E-state index contributed by atoms with van der Waals surface area (Å²) in [6, 6.07) is 17.0. The largest absolute Gasteiger partial charge is 0.489 e. The summed E-state index contributed by atoms with van der Waals surface area (Å²) in [7, 11) is 0. The van der Waals surface area contributed by atoms with Crippen molar-refractivity contribution in [2.45, 2.75) is 53.9 Å². The van der Waals surface area contributed by atoms with E-state index in [-0.39, 0.29) is 22.6 Å². The second-order valence-corrected chi connectivity index (χ2v) is 10.1. The molecular formula is C36H42O8. The Morgan fingerprint density at radius 1 is 0.591 bits per heavy atom. The van der Waals surface area contributed by atoms with Gasteiger partial charge < -0.3 is 28.4 Å². The van der Waals surface area contributed by atoms with Crippen molar-refractivity contribution in [1.29, 1.82) is 0 Å². The number of rotatable bonds is 15. The average molecular weight is 603 g/mol. The fourth-order valence-corrected chi connectivity index (χ4v) is 4.78. The molecule has 234 valence electrons. The topological polar surface area (TPSA) is 89.5 Å². The van der Waals surface area contributed by atoms with Crippen LogP contribution in [-0.2, 0) is 15.0 Å². The molecule has 3 rings (SSSR count). The quantitative estimate of drug-likeness (QED) is 0.0761. The molecule has 0 radical (unpaired) electrons. The molecule has 3 aromatic carbocycles. The molecule has 8 nitrogen and oxygen atoms in total. The Balaban J connectivity index is 2.47. The van der Waals surface area contributed by atoms with Gasteiger partial charge in [0.25, 0.3) is 0 Å². The summed E-state index contributed by atoms with van der Waals surface area (Å²) in [4.78, 5) is 25.1. The van der Waals surface area contributed by atoms with Crippen LogP contribution in [-0.4, -0.2) is 38.4 Å². The molecule has 0 saturated heterocycles. The van der Waals surface area contributed by atoms with Gasteiger partial charge in [-0.1, -0.05) is 55.6 Å². The first-order valence-electron chi connectivity index (χ1n) is 14.7. The lowest BCUT2D eigenvalue weighted by Gasteiger charge is -2.35. The summed E-state index contributed by atoms with van der Waals surface area (Å²) < 4.78 is 36.1. The van der Waals surface area contributed by atoms with E-state index in [4.69, 9.17) is 28.4 Å². The van der Waals surface area contributed by atoms with E-state index in [1.807, 2.05) is 77.1 Å². The Labute approximate surface area is 260 Å². The van der Waals surface area contributed by atoms with E-state index in [0.29, 0.717) is 49.4 Å². The summed E-state index contributed by atoms with van der Waals surface area (Å²) in [5.41, 5.74) is 1.91. The maximum absolute atomic E-state index is 12.5. The van der Waals surface area contributed by atoms with E-state index in [0.717, 1.165) is 16.7 Å². The van der Waals surface area contributed by atoms with Gasteiger partial charge in [0, 0.05) is 27.7 Å². The van der Waals surface area contributed by atoms with Gasteiger partial charge in [-0.05, 0) is 66.2 Å². The number of carbonyl (C=O) groups excluding carboxylic acids is 2. The number of esters is 2.